The number of nitrogens with zero attached hydrogens (tertiary/aromatic N) is 2. The van der Waals surface area contributed by atoms with Crippen molar-refractivity contribution >= 4 is 17.5 Å². The number of pyridine rings is 1. The van der Waals surface area contributed by atoms with Crippen molar-refractivity contribution < 1.29 is 14.3 Å². The highest BCUT2D eigenvalue weighted by Crippen LogP contribution is 2.40. The van der Waals surface area contributed by atoms with Crippen LogP contribution in [0.15, 0.2) is 30.5 Å². The molecule has 0 saturated heterocycles. The van der Waals surface area contributed by atoms with Gasteiger partial charge < -0.3 is 25.0 Å². The number of ether oxygens (including phenoxy) is 2. The Morgan fingerprint density at radius 3 is 2.75 bits per heavy atom. The van der Waals surface area contributed by atoms with Crippen LogP contribution in [0.1, 0.15) is 37.4 Å². The lowest BCUT2D eigenvalue weighted by Crippen LogP contribution is -2.35. The van der Waals surface area contributed by atoms with Crippen molar-refractivity contribution in [1.29, 1.82) is 0 Å². The second kappa shape index (κ2) is 8.82. The SMILES string of the molecule is CCN(CC)c1ccc(NC(=O)N[C@H]2CCOc3c(OC)cc(C)cc32)cn1. The van der Waals surface area contributed by atoms with Crippen LogP contribution in [0.3, 0.4) is 0 Å². The zero-order chi connectivity index (χ0) is 20.1. The number of amides is 2. The number of anilines is 2. The number of carbonyl (C=O) groups is 1. The molecule has 2 aromatic rings. The van der Waals surface area contributed by atoms with Gasteiger partial charge >= 0.3 is 6.03 Å². The highest BCUT2D eigenvalue weighted by atomic mass is 16.5. The number of benzene rings is 1. The third-order valence-electron chi connectivity index (χ3n) is 4.87. The molecule has 1 aromatic heterocycles. The first kappa shape index (κ1) is 19.8. The third kappa shape index (κ3) is 4.30. The van der Waals surface area contributed by atoms with Gasteiger partial charge in [0.25, 0.3) is 0 Å². The molecule has 0 aliphatic carbocycles. The Labute approximate surface area is 166 Å². The van der Waals surface area contributed by atoms with Crippen molar-refractivity contribution in [2.45, 2.75) is 33.2 Å². The Bertz CT molecular complexity index is 819. The van der Waals surface area contributed by atoms with Gasteiger partial charge in [-0.2, -0.15) is 0 Å². The molecule has 2 heterocycles. The minimum absolute atomic E-state index is 0.138. The zero-order valence-electron chi connectivity index (χ0n) is 16.9. The molecule has 1 atom stereocenters. The fourth-order valence-electron chi connectivity index (χ4n) is 3.44. The number of methoxy groups -OCH3 is 1. The highest BCUT2D eigenvalue weighted by Gasteiger charge is 2.26. The molecule has 1 aromatic carbocycles. The Hall–Kier alpha value is -2.96. The smallest absolute Gasteiger partial charge is 0.319 e. The Kier molecular flexibility index (Phi) is 6.23. The monoisotopic (exact) mass is 384 g/mol. The Morgan fingerprint density at radius 2 is 2.11 bits per heavy atom. The Morgan fingerprint density at radius 1 is 1.32 bits per heavy atom. The molecule has 0 fully saturated rings. The number of urea groups is 1. The van der Waals surface area contributed by atoms with E-state index >= 15 is 0 Å². The van der Waals surface area contributed by atoms with Gasteiger partial charge in [-0.05, 0) is 44.5 Å². The maximum atomic E-state index is 12.5. The lowest BCUT2D eigenvalue weighted by atomic mass is 9.98. The molecule has 2 amide bonds. The van der Waals surface area contributed by atoms with E-state index < -0.39 is 0 Å². The third-order valence-corrected chi connectivity index (χ3v) is 4.87. The highest BCUT2D eigenvalue weighted by molar-refractivity contribution is 5.89. The number of hydrogen-bond acceptors (Lipinski definition) is 5. The fourth-order valence-corrected chi connectivity index (χ4v) is 3.44. The van der Waals surface area contributed by atoms with E-state index in [1.54, 1.807) is 13.3 Å². The summed E-state index contributed by atoms with van der Waals surface area (Å²) in [4.78, 5) is 19.1. The van der Waals surface area contributed by atoms with E-state index in [0.717, 1.165) is 30.0 Å². The molecule has 0 spiro atoms. The number of nitrogens with one attached hydrogen (secondary N) is 2. The van der Waals surface area contributed by atoms with E-state index in [2.05, 4.69) is 34.4 Å². The zero-order valence-corrected chi connectivity index (χ0v) is 16.9. The maximum Gasteiger partial charge on any atom is 0.319 e. The molecule has 7 nitrogen and oxygen atoms in total. The van der Waals surface area contributed by atoms with Gasteiger partial charge in [-0.15, -0.1) is 0 Å². The predicted octanol–water partition coefficient (Wildman–Crippen LogP) is 3.89. The van der Waals surface area contributed by atoms with Crippen LogP contribution in [0.2, 0.25) is 0 Å². The van der Waals surface area contributed by atoms with E-state index in [9.17, 15) is 4.79 Å². The number of hydrogen-bond donors (Lipinski definition) is 2. The van der Waals surface area contributed by atoms with Crippen molar-refractivity contribution in [2.24, 2.45) is 0 Å². The first-order valence-electron chi connectivity index (χ1n) is 9.65. The molecule has 3 rings (SSSR count). The number of rotatable bonds is 6. The maximum absolute atomic E-state index is 12.5. The molecule has 0 bridgehead atoms. The number of aryl methyl sites for hydroxylation is 1. The van der Waals surface area contributed by atoms with E-state index in [4.69, 9.17) is 9.47 Å². The van der Waals surface area contributed by atoms with Crippen LogP contribution in [0.25, 0.3) is 0 Å². The molecule has 2 N–H and O–H groups in total. The van der Waals surface area contributed by atoms with Crippen molar-refractivity contribution in [3.05, 3.63) is 41.6 Å². The van der Waals surface area contributed by atoms with E-state index in [1.165, 1.54) is 0 Å². The van der Waals surface area contributed by atoms with E-state index in [0.29, 0.717) is 30.2 Å². The summed E-state index contributed by atoms with van der Waals surface area (Å²) in [6.07, 6.45) is 2.38. The van der Waals surface area contributed by atoms with Crippen LogP contribution in [0.4, 0.5) is 16.3 Å². The van der Waals surface area contributed by atoms with Gasteiger partial charge in [-0.3, -0.25) is 0 Å². The van der Waals surface area contributed by atoms with Crippen molar-refractivity contribution in [2.75, 3.05) is 37.0 Å². The fraction of sp³-hybridized carbons (Fsp3) is 0.429. The van der Waals surface area contributed by atoms with Crippen molar-refractivity contribution in [3.8, 4) is 11.5 Å². The van der Waals surface area contributed by atoms with E-state index in [1.807, 2.05) is 31.2 Å². The van der Waals surface area contributed by atoms with Crippen LogP contribution < -0.4 is 25.0 Å². The van der Waals surface area contributed by atoms with E-state index in [-0.39, 0.29) is 12.1 Å². The van der Waals surface area contributed by atoms with Gasteiger partial charge in [-0.25, -0.2) is 9.78 Å². The summed E-state index contributed by atoms with van der Waals surface area (Å²) in [5.41, 5.74) is 2.65. The van der Waals surface area contributed by atoms with Gasteiger partial charge in [0.05, 0.1) is 31.6 Å². The molecule has 0 unspecified atom stereocenters. The number of fused-ring (bicyclic) bond motifs is 1. The summed E-state index contributed by atoms with van der Waals surface area (Å²) >= 11 is 0. The molecule has 0 radical (unpaired) electrons. The summed E-state index contributed by atoms with van der Waals surface area (Å²) in [7, 11) is 1.62. The topological polar surface area (TPSA) is 75.7 Å². The summed E-state index contributed by atoms with van der Waals surface area (Å²) in [5, 5.41) is 5.90. The molecular formula is C21H28N4O3. The van der Waals surface area contributed by atoms with Crippen LogP contribution >= 0.6 is 0 Å². The second-order valence-corrected chi connectivity index (χ2v) is 6.75. The Balaban J connectivity index is 1.69. The summed E-state index contributed by atoms with van der Waals surface area (Å²) in [6, 6.07) is 7.34. The first-order valence-corrected chi connectivity index (χ1v) is 9.65. The lowest BCUT2D eigenvalue weighted by Gasteiger charge is -2.28. The molecule has 0 saturated carbocycles. The minimum atomic E-state index is -0.268. The molecule has 150 valence electrons. The predicted molar refractivity (Wildman–Crippen MR) is 111 cm³/mol. The summed E-state index contributed by atoms with van der Waals surface area (Å²) < 4.78 is 11.2. The summed E-state index contributed by atoms with van der Waals surface area (Å²) in [5.74, 6) is 2.30. The van der Waals surface area contributed by atoms with Gasteiger partial charge in [-0.1, -0.05) is 6.07 Å². The molecular weight excluding hydrogens is 356 g/mol. The summed E-state index contributed by atoms with van der Waals surface area (Å²) in [6.45, 7) is 8.49. The molecule has 1 aliphatic heterocycles. The van der Waals surface area contributed by atoms with Crippen LogP contribution in [-0.4, -0.2) is 37.8 Å². The molecule has 7 heteroatoms. The standard InChI is InChI=1S/C21H28N4O3/c1-5-25(6-2)19-8-7-15(13-22-19)23-21(26)24-17-9-10-28-20-16(17)11-14(3)12-18(20)27-4/h7-8,11-13,17H,5-6,9-10H2,1-4H3,(H2,23,24,26)/t17-/m0/s1. The quantitative estimate of drug-likeness (QED) is 0.790. The number of aromatic nitrogens is 1. The van der Waals surface area contributed by atoms with Gasteiger partial charge in [0.15, 0.2) is 11.5 Å². The number of carbonyl (C=O) groups excluding carboxylic acids is 1. The second-order valence-electron chi connectivity index (χ2n) is 6.75. The largest absolute Gasteiger partial charge is 0.493 e. The average Bonchev–Trinajstić information content (AvgIpc) is 2.70. The average molecular weight is 384 g/mol. The normalized spacial score (nSPS) is 15.2. The van der Waals surface area contributed by atoms with Crippen LogP contribution in [-0.2, 0) is 0 Å². The van der Waals surface area contributed by atoms with Gasteiger partial charge in [0.1, 0.15) is 5.82 Å². The lowest BCUT2D eigenvalue weighted by molar-refractivity contribution is 0.226. The van der Waals surface area contributed by atoms with Crippen molar-refractivity contribution in [1.82, 2.24) is 10.3 Å². The van der Waals surface area contributed by atoms with Gasteiger partial charge in [0, 0.05) is 25.1 Å². The minimum Gasteiger partial charge on any atom is -0.493 e. The molecule has 28 heavy (non-hydrogen) atoms. The van der Waals surface area contributed by atoms with Gasteiger partial charge in [0.2, 0.25) is 0 Å². The first-order chi connectivity index (χ1) is 13.5. The van der Waals surface area contributed by atoms with Crippen LogP contribution in [0.5, 0.6) is 11.5 Å². The molecule has 1 aliphatic rings. The van der Waals surface area contributed by atoms with Crippen molar-refractivity contribution in [3.63, 3.8) is 0 Å². The van der Waals surface area contributed by atoms with Crippen LogP contribution in [0, 0.1) is 6.92 Å².